The van der Waals surface area contributed by atoms with Crippen molar-refractivity contribution in [2.45, 2.75) is 117 Å². The SMILES string of the molecule is CCCC(CC)[BH-](C(CC)CCC)C(CC)CCC.[Li+]. The quantitative estimate of drug-likeness (QED) is 0.473. The Bertz CT molecular complexity index is 163. The maximum absolute atomic E-state index is 2.44. The third-order valence-corrected chi connectivity index (χ3v) is 5.82. The van der Waals surface area contributed by atoms with Crippen LogP contribution in [0.5, 0.6) is 0 Å². The minimum absolute atomic E-state index is 0. The van der Waals surface area contributed by atoms with Crippen molar-refractivity contribution < 1.29 is 18.9 Å². The fourth-order valence-electron chi connectivity index (χ4n) is 4.96. The first-order valence-corrected chi connectivity index (χ1v) is 9.42. The van der Waals surface area contributed by atoms with Crippen molar-refractivity contribution in [3.8, 4) is 0 Å². The first-order valence-electron chi connectivity index (χ1n) is 9.42. The van der Waals surface area contributed by atoms with E-state index in [0.29, 0.717) is 0 Å². The van der Waals surface area contributed by atoms with E-state index >= 15 is 0 Å². The molecule has 0 saturated heterocycles. The molecule has 116 valence electrons. The van der Waals surface area contributed by atoms with Crippen LogP contribution in [0.4, 0.5) is 0 Å². The van der Waals surface area contributed by atoms with Gasteiger partial charge >= 0.3 is 18.9 Å². The fraction of sp³-hybridized carbons (Fsp3) is 1.00. The smallest absolute Gasteiger partial charge is 0.169 e. The molecule has 0 amide bonds. The fourth-order valence-corrected chi connectivity index (χ4v) is 4.96. The van der Waals surface area contributed by atoms with Crippen molar-refractivity contribution in [2.24, 2.45) is 0 Å². The molecular weight excluding hydrogens is 234 g/mol. The van der Waals surface area contributed by atoms with Crippen molar-refractivity contribution in [1.82, 2.24) is 0 Å². The molecular formula is C18H40BLi. The Kier molecular flexibility index (Phi) is 16.7. The molecule has 0 spiro atoms. The van der Waals surface area contributed by atoms with Gasteiger partial charge in [0.15, 0.2) is 0 Å². The summed E-state index contributed by atoms with van der Waals surface area (Å²) in [5, 5.41) is 0. The molecule has 0 rings (SSSR count). The van der Waals surface area contributed by atoms with Crippen LogP contribution in [0, 0.1) is 0 Å². The predicted octanol–water partition coefficient (Wildman–Crippen LogP) is 3.96. The molecule has 0 aliphatic heterocycles. The first-order chi connectivity index (χ1) is 9.19. The van der Waals surface area contributed by atoms with Crippen LogP contribution in [0.2, 0.25) is 17.5 Å². The summed E-state index contributed by atoms with van der Waals surface area (Å²) in [5.74, 6) is 3.16. The second-order valence-electron chi connectivity index (χ2n) is 6.90. The minimum atomic E-state index is 0. The normalized spacial score (nSPS) is 17.1. The summed E-state index contributed by atoms with van der Waals surface area (Å²) in [7, 11) is 0. The topological polar surface area (TPSA) is 0 Å². The van der Waals surface area contributed by atoms with E-state index in [1.54, 1.807) is 0 Å². The maximum Gasteiger partial charge on any atom is 1.00 e. The van der Waals surface area contributed by atoms with Gasteiger partial charge < -0.3 is 0 Å². The van der Waals surface area contributed by atoms with Gasteiger partial charge in [-0.2, -0.15) is 17.5 Å². The van der Waals surface area contributed by atoms with Gasteiger partial charge in [0.2, 0.25) is 0 Å². The van der Waals surface area contributed by atoms with Gasteiger partial charge in [0.25, 0.3) is 0 Å². The van der Waals surface area contributed by atoms with E-state index in [-0.39, 0.29) is 25.6 Å². The Hall–Kier alpha value is 0.662. The van der Waals surface area contributed by atoms with Crippen molar-refractivity contribution in [3.63, 3.8) is 0 Å². The zero-order valence-corrected chi connectivity index (χ0v) is 15.8. The predicted molar refractivity (Wildman–Crippen MR) is 94.0 cm³/mol. The van der Waals surface area contributed by atoms with Gasteiger partial charge in [0.05, 0.1) is 0 Å². The van der Waals surface area contributed by atoms with Crippen LogP contribution in [0.15, 0.2) is 0 Å². The van der Waals surface area contributed by atoms with Crippen molar-refractivity contribution >= 4 is 6.71 Å². The Morgan fingerprint density at radius 3 is 0.950 bits per heavy atom. The van der Waals surface area contributed by atoms with Crippen LogP contribution in [-0.2, 0) is 0 Å². The van der Waals surface area contributed by atoms with E-state index in [2.05, 4.69) is 41.5 Å². The van der Waals surface area contributed by atoms with Crippen LogP contribution in [0.1, 0.15) is 99.3 Å². The van der Waals surface area contributed by atoms with Crippen LogP contribution in [0.25, 0.3) is 0 Å². The van der Waals surface area contributed by atoms with Crippen molar-refractivity contribution in [1.29, 1.82) is 0 Å². The summed E-state index contributed by atoms with van der Waals surface area (Å²) in [6.07, 6.45) is 12.9. The van der Waals surface area contributed by atoms with Gasteiger partial charge in [-0.1, -0.05) is 99.3 Å². The van der Waals surface area contributed by atoms with Crippen molar-refractivity contribution in [2.75, 3.05) is 0 Å². The summed E-state index contributed by atoms with van der Waals surface area (Å²) >= 11 is 0. The molecule has 0 aromatic heterocycles. The Morgan fingerprint density at radius 1 is 0.550 bits per heavy atom. The van der Waals surface area contributed by atoms with E-state index in [1.807, 2.05) is 0 Å². The summed E-state index contributed by atoms with van der Waals surface area (Å²) in [6.45, 7) is 14.5. The molecule has 3 unspecified atom stereocenters. The van der Waals surface area contributed by atoms with Gasteiger partial charge in [-0.25, -0.2) is 0 Å². The Labute approximate surface area is 142 Å². The van der Waals surface area contributed by atoms with Crippen LogP contribution < -0.4 is 18.9 Å². The molecule has 0 aliphatic rings. The second kappa shape index (κ2) is 14.6. The second-order valence-corrected chi connectivity index (χ2v) is 6.90. The summed E-state index contributed by atoms with van der Waals surface area (Å²) in [5.41, 5.74) is 0. The molecule has 20 heavy (non-hydrogen) atoms. The van der Waals surface area contributed by atoms with E-state index < -0.39 is 0 Å². The summed E-state index contributed by atoms with van der Waals surface area (Å²) in [6, 6.07) is 0. The Balaban J connectivity index is 0. The molecule has 0 heterocycles. The zero-order valence-electron chi connectivity index (χ0n) is 15.8. The zero-order chi connectivity index (χ0) is 14.7. The maximum atomic E-state index is 2.44. The minimum Gasteiger partial charge on any atom is -0.169 e. The van der Waals surface area contributed by atoms with Gasteiger partial charge in [-0.15, -0.1) is 0 Å². The number of rotatable bonds is 12. The number of hydrogen-bond donors (Lipinski definition) is 0. The van der Waals surface area contributed by atoms with E-state index in [1.165, 1.54) is 57.8 Å². The first kappa shape index (κ1) is 22.9. The Morgan fingerprint density at radius 2 is 0.800 bits per heavy atom. The van der Waals surface area contributed by atoms with E-state index in [0.717, 1.165) is 17.5 Å². The van der Waals surface area contributed by atoms with Gasteiger partial charge in [0, 0.05) is 0 Å². The molecule has 2 heteroatoms. The van der Waals surface area contributed by atoms with E-state index in [9.17, 15) is 0 Å². The third-order valence-electron chi connectivity index (χ3n) is 5.82. The monoisotopic (exact) mass is 274 g/mol. The molecule has 0 radical (unpaired) electrons. The number of hydrogen-bond acceptors (Lipinski definition) is 0. The van der Waals surface area contributed by atoms with Gasteiger partial charge in [-0.05, 0) is 6.71 Å². The molecule has 3 atom stereocenters. The van der Waals surface area contributed by atoms with Crippen LogP contribution in [-0.4, -0.2) is 6.71 Å². The molecule has 0 fully saturated rings. The molecule has 0 nitrogen and oxygen atoms in total. The molecule has 0 aromatic carbocycles. The molecule has 0 aromatic rings. The molecule has 0 saturated carbocycles. The summed E-state index contributed by atoms with van der Waals surface area (Å²) in [4.78, 5) is 0. The largest absolute Gasteiger partial charge is 1.00 e. The third kappa shape index (κ3) is 7.61. The average Bonchev–Trinajstić information content (AvgIpc) is 2.43. The summed E-state index contributed by atoms with van der Waals surface area (Å²) < 4.78 is 0. The molecule has 0 bridgehead atoms. The van der Waals surface area contributed by atoms with Crippen LogP contribution >= 0.6 is 0 Å². The standard InChI is InChI=1S/C18H40B.Li/c1-7-13-16(10-4)19(17(11-5)14-8-2)18(12-6)15-9-3;/h16-19H,7-15H2,1-6H3;/q-1;+1. The van der Waals surface area contributed by atoms with E-state index in [4.69, 9.17) is 0 Å². The van der Waals surface area contributed by atoms with Gasteiger partial charge in [0.1, 0.15) is 0 Å². The van der Waals surface area contributed by atoms with Gasteiger partial charge in [-0.3, -0.25) is 0 Å². The average molecular weight is 274 g/mol. The molecule has 0 aliphatic carbocycles. The molecule has 0 N–H and O–H groups in total. The van der Waals surface area contributed by atoms with Crippen LogP contribution in [0.3, 0.4) is 0 Å². The van der Waals surface area contributed by atoms with Crippen molar-refractivity contribution in [3.05, 3.63) is 0 Å².